The van der Waals surface area contributed by atoms with Crippen molar-refractivity contribution in [3.8, 4) is 0 Å². The maximum absolute atomic E-state index is 11.2. The molecule has 5 aromatic carbocycles. The molecule has 0 aromatic heterocycles. The van der Waals surface area contributed by atoms with E-state index in [1.54, 1.807) is 0 Å². The normalized spacial score (nSPS) is 14.9. The van der Waals surface area contributed by atoms with Crippen molar-refractivity contribution in [2.75, 3.05) is 53.1 Å². The van der Waals surface area contributed by atoms with Crippen LogP contribution in [0.3, 0.4) is 0 Å². The summed E-state index contributed by atoms with van der Waals surface area (Å²) in [5.41, 5.74) is 6.66. The Morgan fingerprint density at radius 2 is 0.924 bits per heavy atom. The van der Waals surface area contributed by atoms with Crippen LogP contribution in [0.4, 0.5) is 0 Å². The van der Waals surface area contributed by atoms with Crippen molar-refractivity contribution < 1.29 is 40.5 Å². The van der Waals surface area contributed by atoms with E-state index in [4.69, 9.17) is 25.5 Å². The number of nitrogens with zero attached hydrogens (tertiary/aromatic N) is 1. The van der Waals surface area contributed by atoms with Gasteiger partial charge in [0.15, 0.2) is 0 Å². The first kappa shape index (κ1) is 56.5. The number of rotatable bonds is 16. The Kier molecular flexibility index (Phi) is 27.5. The molecule has 7 rings (SSSR count). The van der Waals surface area contributed by atoms with Gasteiger partial charge in [0.25, 0.3) is 0 Å². The maximum Gasteiger partial charge on any atom is 0.303 e. The molecule has 8 N–H and O–H groups in total. The van der Waals surface area contributed by atoms with Crippen LogP contribution in [-0.4, -0.2) is 99.7 Å². The van der Waals surface area contributed by atoms with Crippen LogP contribution in [0.15, 0.2) is 136 Å². The number of hydrogen-bond donors (Lipinski definition) is 8. The summed E-state index contributed by atoms with van der Waals surface area (Å²) in [5.74, 6) is -0.759. The highest BCUT2D eigenvalue weighted by molar-refractivity contribution is 9.10. The quantitative estimate of drug-likeness (QED) is 0.0478. The van der Waals surface area contributed by atoms with Crippen LogP contribution < -0.4 is 5.32 Å². The van der Waals surface area contributed by atoms with Crippen molar-refractivity contribution in [3.63, 3.8) is 0 Å². The lowest BCUT2D eigenvalue weighted by molar-refractivity contribution is -0.136. The van der Waals surface area contributed by atoms with Crippen LogP contribution in [0, 0.1) is 0 Å². The summed E-state index contributed by atoms with van der Waals surface area (Å²) in [6, 6.07) is 42.5. The molecule has 2 aliphatic heterocycles. The molecule has 0 aliphatic carbocycles. The highest BCUT2D eigenvalue weighted by Gasteiger charge is 2.35. The number of carboxylic acids is 1. The van der Waals surface area contributed by atoms with Gasteiger partial charge in [0, 0.05) is 61.9 Å². The Morgan fingerprint density at radius 1 is 0.545 bits per heavy atom. The highest BCUT2D eigenvalue weighted by Crippen LogP contribution is 2.36. The van der Waals surface area contributed by atoms with E-state index < -0.39 is 17.2 Å². The van der Waals surface area contributed by atoms with Crippen LogP contribution in [0.25, 0.3) is 0 Å². The molecule has 12 heteroatoms. The molecule has 10 nitrogen and oxygen atoms in total. The van der Waals surface area contributed by atoms with Gasteiger partial charge in [0.1, 0.15) is 0 Å². The minimum Gasteiger partial charge on any atom is -0.481 e. The number of nitrogens with one attached hydrogen (secondary N) is 1. The molecule has 2 aliphatic rings. The van der Waals surface area contributed by atoms with Gasteiger partial charge in [0.2, 0.25) is 0 Å². The second-order valence-corrected chi connectivity index (χ2v) is 18.2. The lowest BCUT2D eigenvalue weighted by atomic mass is 9.81. The van der Waals surface area contributed by atoms with Crippen LogP contribution in [-0.2, 0) is 48.2 Å². The third-order valence-corrected chi connectivity index (χ3v) is 13.3. The topological polar surface area (TPSA) is 174 Å². The van der Waals surface area contributed by atoms with E-state index in [2.05, 4.69) is 90.6 Å². The van der Waals surface area contributed by atoms with E-state index in [1.165, 1.54) is 22.3 Å². The number of hydrogen-bond acceptors (Lipinski definition) is 9. The highest BCUT2D eigenvalue weighted by atomic mass is 79.9. The molecule has 5 aromatic rings. The zero-order valence-corrected chi connectivity index (χ0v) is 41.7. The van der Waals surface area contributed by atoms with E-state index in [9.17, 15) is 15.0 Å². The summed E-state index contributed by atoms with van der Waals surface area (Å²) in [5, 5.41) is 67.3. The van der Waals surface area contributed by atoms with E-state index in [-0.39, 0.29) is 26.2 Å². The van der Waals surface area contributed by atoms with Crippen molar-refractivity contribution >= 4 is 37.8 Å². The number of aliphatic hydroxyl groups is 6. The molecule has 2 saturated heterocycles. The molecule has 0 bridgehead atoms. The van der Waals surface area contributed by atoms with Gasteiger partial charge in [0.05, 0.1) is 11.2 Å². The predicted octanol–water partition coefficient (Wildman–Crippen LogP) is 8.73. The van der Waals surface area contributed by atoms with Crippen LogP contribution in [0.2, 0.25) is 0 Å². The molecular weight excluding hydrogens is 964 g/mol. The number of aryl methyl sites for hydroxylation is 4. The number of piperidine rings is 2. The number of aliphatic hydroxyl groups excluding tert-OH is 4. The molecule has 2 fully saturated rings. The fourth-order valence-electron chi connectivity index (χ4n) is 8.14. The Bertz CT molecular complexity index is 2070. The van der Waals surface area contributed by atoms with E-state index >= 15 is 0 Å². The Hall–Kier alpha value is -3.79. The number of benzene rings is 5. The molecular formula is C54H72Br2N2O8. The molecule has 0 atom stereocenters. The SMILES string of the molecule is CO.O=C(O)CCc1ccccc1Br.OCCCc1ccccc1Br.OCCCc1ccccc1C1(O)CCN(Cc2ccccc2)CC1.OCCCc1ccccc1C1(O)CCNCC1. The number of halogens is 2. The molecule has 0 saturated carbocycles. The zero-order chi connectivity index (χ0) is 48.0. The maximum atomic E-state index is 11.2. The van der Waals surface area contributed by atoms with E-state index in [0.29, 0.717) is 6.42 Å². The molecule has 360 valence electrons. The fourth-order valence-corrected chi connectivity index (χ4v) is 9.10. The second-order valence-electron chi connectivity index (χ2n) is 16.4. The van der Waals surface area contributed by atoms with Crippen molar-refractivity contribution in [1.82, 2.24) is 10.2 Å². The largest absolute Gasteiger partial charge is 0.481 e. The van der Waals surface area contributed by atoms with Gasteiger partial charge in [-0.3, -0.25) is 9.69 Å². The molecule has 0 amide bonds. The summed E-state index contributed by atoms with van der Waals surface area (Å²) < 4.78 is 2.11. The third kappa shape index (κ3) is 19.8. The summed E-state index contributed by atoms with van der Waals surface area (Å²) in [6.07, 6.45) is 8.75. The van der Waals surface area contributed by atoms with Crippen molar-refractivity contribution in [1.29, 1.82) is 0 Å². The van der Waals surface area contributed by atoms with Gasteiger partial charge in [-0.05, 0) is 135 Å². The molecule has 0 unspecified atom stereocenters. The fraction of sp³-hybridized carbons (Fsp3) is 0.426. The first-order valence-electron chi connectivity index (χ1n) is 23.1. The zero-order valence-electron chi connectivity index (χ0n) is 38.5. The first-order chi connectivity index (χ1) is 32.0. The van der Waals surface area contributed by atoms with Crippen molar-refractivity contribution in [3.05, 3.63) is 175 Å². The van der Waals surface area contributed by atoms with Gasteiger partial charge < -0.3 is 41.1 Å². The van der Waals surface area contributed by atoms with Crippen LogP contribution in [0.5, 0.6) is 0 Å². The summed E-state index contributed by atoms with van der Waals surface area (Å²) >= 11 is 6.80. The monoisotopic (exact) mass is 1030 g/mol. The second kappa shape index (κ2) is 32.0. The molecule has 2 heterocycles. The predicted molar refractivity (Wildman–Crippen MR) is 272 cm³/mol. The van der Waals surface area contributed by atoms with E-state index in [0.717, 1.165) is 130 Å². The molecule has 0 spiro atoms. The Balaban J connectivity index is 0.000000242. The smallest absolute Gasteiger partial charge is 0.303 e. The van der Waals surface area contributed by atoms with Crippen LogP contribution >= 0.6 is 31.9 Å². The molecule has 66 heavy (non-hydrogen) atoms. The summed E-state index contributed by atoms with van der Waals surface area (Å²) in [4.78, 5) is 12.7. The minimum atomic E-state index is -0.759. The van der Waals surface area contributed by atoms with Gasteiger partial charge in [-0.15, -0.1) is 0 Å². The minimum absolute atomic E-state index is 0.183. The average Bonchev–Trinajstić information content (AvgIpc) is 3.35. The standard InChI is InChI=1S/C21H27NO2.C14H21NO2.C9H9BrO2.C9H11BrO.CH4O/c23-16-6-10-19-9-4-5-11-20(19)21(24)12-14-22(15-13-21)17-18-7-2-1-3-8-18;16-11-3-5-12-4-1-2-6-13(12)14(17)7-9-15-10-8-14;10-8-4-2-1-3-7(8)5-6-9(11)12;10-9-6-2-1-4-8(9)5-3-7-11;1-2/h1-5,7-9,11,23-24H,6,10,12-17H2;1-2,4,6,15-17H,3,5,7-11H2;1-4H,5-6H2,(H,11,12);1-2,4,6,11H,3,5,7H2;2H,1H3. The van der Waals surface area contributed by atoms with Gasteiger partial charge >= 0.3 is 5.97 Å². The first-order valence-corrected chi connectivity index (χ1v) is 24.6. The Labute approximate surface area is 409 Å². The lowest BCUT2D eigenvalue weighted by Crippen LogP contribution is -2.42. The summed E-state index contributed by atoms with van der Waals surface area (Å²) in [7, 11) is 1.00. The molecule has 0 radical (unpaired) electrons. The lowest BCUT2D eigenvalue weighted by Gasteiger charge is -2.39. The number of aliphatic carboxylic acids is 1. The van der Waals surface area contributed by atoms with Gasteiger partial charge in [-0.2, -0.15) is 0 Å². The van der Waals surface area contributed by atoms with Gasteiger partial charge in [-0.1, -0.05) is 147 Å². The Morgan fingerprint density at radius 3 is 1.36 bits per heavy atom. The average molecular weight is 1040 g/mol. The number of likely N-dealkylation sites (tertiary alicyclic amines) is 1. The third-order valence-electron chi connectivity index (χ3n) is 11.7. The number of carboxylic acid groups (broad SMARTS) is 1. The van der Waals surface area contributed by atoms with E-state index in [1.807, 2.05) is 78.9 Å². The van der Waals surface area contributed by atoms with Crippen LogP contribution in [0.1, 0.15) is 90.3 Å². The van der Waals surface area contributed by atoms with Crippen molar-refractivity contribution in [2.45, 2.75) is 94.8 Å². The number of carbonyl (C=O) groups is 1. The van der Waals surface area contributed by atoms with Gasteiger partial charge in [-0.25, -0.2) is 0 Å². The summed E-state index contributed by atoms with van der Waals surface area (Å²) in [6.45, 7) is 5.14. The van der Waals surface area contributed by atoms with Crippen molar-refractivity contribution in [2.24, 2.45) is 0 Å².